The quantitative estimate of drug-likeness (QED) is 0.218. The standard InChI is InChI=1S/C23H24N6O3S/c1-2-12-28-22(18-8-10-20(11-9-18)29(31)32)24-25-23(28)33-17-21(30)27-15-13-26(14-16-27)19-6-4-3-5-7-19/h2-11H,1,12-17H2. The second kappa shape index (κ2) is 10.3. The molecule has 3 aromatic rings. The summed E-state index contributed by atoms with van der Waals surface area (Å²) in [7, 11) is 0. The summed E-state index contributed by atoms with van der Waals surface area (Å²) in [6.45, 7) is 7.23. The van der Waals surface area contributed by atoms with Gasteiger partial charge in [-0.15, -0.1) is 16.8 Å². The Labute approximate surface area is 195 Å². The Morgan fingerprint density at radius 1 is 1.06 bits per heavy atom. The van der Waals surface area contributed by atoms with E-state index in [1.807, 2.05) is 27.7 Å². The topological polar surface area (TPSA) is 97.4 Å². The lowest BCUT2D eigenvalue weighted by Crippen LogP contribution is -2.49. The molecule has 10 heteroatoms. The van der Waals surface area contributed by atoms with E-state index >= 15 is 0 Å². The molecule has 0 unspecified atom stereocenters. The minimum absolute atomic E-state index is 0.0149. The number of allylic oxidation sites excluding steroid dienone is 1. The molecule has 0 spiro atoms. The molecule has 2 heterocycles. The van der Waals surface area contributed by atoms with Crippen LogP contribution in [0.15, 0.2) is 72.4 Å². The number of nitro benzene ring substituents is 1. The number of carbonyl (C=O) groups excluding carboxylic acids is 1. The summed E-state index contributed by atoms with van der Waals surface area (Å²) in [5.41, 5.74) is 1.90. The van der Waals surface area contributed by atoms with Crippen LogP contribution in [0.3, 0.4) is 0 Å². The Morgan fingerprint density at radius 3 is 2.39 bits per heavy atom. The first-order valence-electron chi connectivity index (χ1n) is 10.6. The van der Waals surface area contributed by atoms with E-state index in [0.717, 1.165) is 13.1 Å². The van der Waals surface area contributed by atoms with Gasteiger partial charge in [-0.05, 0) is 24.3 Å². The van der Waals surface area contributed by atoms with Gasteiger partial charge in [0, 0.05) is 56.1 Å². The van der Waals surface area contributed by atoms with Gasteiger partial charge in [0.15, 0.2) is 11.0 Å². The number of amides is 1. The number of carbonyl (C=O) groups is 1. The monoisotopic (exact) mass is 464 g/mol. The molecule has 0 radical (unpaired) electrons. The van der Waals surface area contributed by atoms with E-state index in [0.29, 0.717) is 36.2 Å². The molecule has 1 fully saturated rings. The van der Waals surface area contributed by atoms with Gasteiger partial charge in [-0.2, -0.15) is 0 Å². The highest BCUT2D eigenvalue weighted by molar-refractivity contribution is 7.99. The third-order valence-corrected chi connectivity index (χ3v) is 6.39. The summed E-state index contributed by atoms with van der Waals surface area (Å²) >= 11 is 1.34. The number of aromatic nitrogens is 3. The number of piperazine rings is 1. The van der Waals surface area contributed by atoms with E-state index < -0.39 is 4.92 Å². The first-order valence-corrected chi connectivity index (χ1v) is 11.5. The van der Waals surface area contributed by atoms with Crippen LogP contribution in [0, 0.1) is 10.1 Å². The second-order valence-corrected chi connectivity index (χ2v) is 8.44. The van der Waals surface area contributed by atoms with Crippen molar-refractivity contribution in [2.45, 2.75) is 11.7 Å². The fourth-order valence-corrected chi connectivity index (χ4v) is 4.56. The molecule has 170 valence electrons. The van der Waals surface area contributed by atoms with Crippen LogP contribution in [0.2, 0.25) is 0 Å². The first-order chi connectivity index (χ1) is 16.1. The van der Waals surface area contributed by atoms with Crippen molar-refractivity contribution in [2.75, 3.05) is 36.8 Å². The number of para-hydroxylation sites is 1. The van der Waals surface area contributed by atoms with Crippen molar-refractivity contribution in [3.63, 3.8) is 0 Å². The van der Waals surface area contributed by atoms with E-state index in [1.54, 1.807) is 18.2 Å². The molecule has 1 saturated heterocycles. The Kier molecular flexibility index (Phi) is 7.04. The van der Waals surface area contributed by atoms with Crippen molar-refractivity contribution in [2.24, 2.45) is 0 Å². The second-order valence-electron chi connectivity index (χ2n) is 7.50. The summed E-state index contributed by atoms with van der Waals surface area (Å²) in [5.74, 6) is 0.912. The highest BCUT2D eigenvalue weighted by atomic mass is 32.2. The van der Waals surface area contributed by atoms with E-state index in [2.05, 4.69) is 33.8 Å². The van der Waals surface area contributed by atoms with Crippen molar-refractivity contribution in [1.82, 2.24) is 19.7 Å². The number of non-ortho nitro benzene ring substituents is 1. The molecule has 0 bridgehead atoms. The molecule has 1 aliphatic heterocycles. The molecule has 0 saturated carbocycles. The van der Waals surface area contributed by atoms with E-state index in [-0.39, 0.29) is 17.3 Å². The predicted octanol–water partition coefficient (Wildman–Crippen LogP) is 3.48. The average molecular weight is 465 g/mol. The molecular formula is C23H24N6O3S. The van der Waals surface area contributed by atoms with Crippen molar-refractivity contribution < 1.29 is 9.72 Å². The third kappa shape index (κ3) is 5.23. The molecule has 1 amide bonds. The zero-order valence-electron chi connectivity index (χ0n) is 18.0. The molecule has 9 nitrogen and oxygen atoms in total. The van der Waals surface area contributed by atoms with Gasteiger partial charge < -0.3 is 9.80 Å². The maximum Gasteiger partial charge on any atom is 0.269 e. The first kappa shape index (κ1) is 22.5. The van der Waals surface area contributed by atoms with E-state index in [4.69, 9.17) is 0 Å². The predicted molar refractivity (Wildman–Crippen MR) is 128 cm³/mol. The Morgan fingerprint density at radius 2 is 1.76 bits per heavy atom. The van der Waals surface area contributed by atoms with Crippen molar-refractivity contribution in [1.29, 1.82) is 0 Å². The number of hydrogen-bond donors (Lipinski definition) is 0. The highest BCUT2D eigenvalue weighted by Crippen LogP contribution is 2.26. The normalized spacial score (nSPS) is 13.7. The van der Waals surface area contributed by atoms with Gasteiger partial charge >= 0.3 is 0 Å². The van der Waals surface area contributed by atoms with Crippen molar-refractivity contribution in [3.8, 4) is 11.4 Å². The number of anilines is 1. The minimum atomic E-state index is -0.440. The van der Waals surface area contributed by atoms with Crippen LogP contribution in [0.1, 0.15) is 0 Å². The van der Waals surface area contributed by atoms with Crippen LogP contribution in [-0.4, -0.2) is 62.4 Å². The fourth-order valence-electron chi connectivity index (χ4n) is 3.71. The van der Waals surface area contributed by atoms with Gasteiger partial charge in [0.1, 0.15) is 0 Å². The van der Waals surface area contributed by atoms with Crippen LogP contribution < -0.4 is 4.90 Å². The number of benzene rings is 2. The zero-order chi connectivity index (χ0) is 23.2. The number of rotatable bonds is 8. The summed E-state index contributed by atoms with van der Waals surface area (Å²) in [6, 6.07) is 16.4. The Bertz CT molecular complexity index is 1120. The summed E-state index contributed by atoms with van der Waals surface area (Å²) < 4.78 is 1.86. The maximum atomic E-state index is 12.8. The van der Waals surface area contributed by atoms with Crippen LogP contribution >= 0.6 is 11.8 Å². The lowest BCUT2D eigenvalue weighted by molar-refractivity contribution is -0.384. The molecule has 4 rings (SSSR count). The van der Waals surface area contributed by atoms with Crippen molar-refractivity contribution >= 4 is 29.0 Å². The van der Waals surface area contributed by atoms with Gasteiger partial charge in [-0.3, -0.25) is 19.5 Å². The molecule has 2 aromatic carbocycles. The summed E-state index contributed by atoms with van der Waals surface area (Å²) in [4.78, 5) is 27.4. The van der Waals surface area contributed by atoms with Gasteiger partial charge in [-0.1, -0.05) is 36.0 Å². The fraction of sp³-hybridized carbons (Fsp3) is 0.261. The lowest BCUT2D eigenvalue weighted by Gasteiger charge is -2.36. The number of thioether (sulfide) groups is 1. The van der Waals surface area contributed by atoms with E-state index in [1.165, 1.54) is 29.6 Å². The molecule has 33 heavy (non-hydrogen) atoms. The zero-order valence-corrected chi connectivity index (χ0v) is 18.9. The molecule has 1 aliphatic rings. The van der Waals surface area contributed by atoms with Gasteiger partial charge in [0.2, 0.25) is 5.91 Å². The van der Waals surface area contributed by atoms with Gasteiger partial charge in [-0.25, -0.2) is 0 Å². The number of hydrogen-bond acceptors (Lipinski definition) is 7. The molecule has 0 N–H and O–H groups in total. The minimum Gasteiger partial charge on any atom is -0.368 e. The van der Waals surface area contributed by atoms with Crippen LogP contribution in [-0.2, 0) is 11.3 Å². The van der Waals surface area contributed by atoms with Crippen molar-refractivity contribution in [3.05, 3.63) is 77.4 Å². The number of nitrogens with zero attached hydrogens (tertiary/aromatic N) is 6. The van der Waals surface area contributed by atoms with Crippen LogP contribution in [0.4, 0.5) is 11.4 Å². The number of nitro groups is 1. The largest absolute Gasteiger partial charge is 0.368 e. The third-order valence-electron chi connectivity index (χ3n) is 5.44. The molecule has 0 aliphatic carbocycles. The lowest BCUT2D eigenvalue weighted by atomic mass is 10.2. The van der Waals surface area contributed by atoms with Gasteiger partial charge in [0.25, 0.3) is 5.69 Å². The van der Waals surface area contributed by atoms with E-state index in [9.17, 15) is 14.9 Å². The maximum absolute atomic E-state index is 12.8. The average Bonchev–Trinajstić information content (AvgIpc) is 3.26. The Hall–Kier alpha value is -3.66. The van der Waals surface area contributed by atoms with Crippen LogP contribution in [0.5, 0.6) is 0 Å². The SMILES string of the molecule is C=CCn1c(SCC(=O)N2CCN(c3ccccc3)CC2)nnc1-c1ccc([N+](=O)[O-])cc1. The Balaban J connectivity index is 1.38. The summed E-state index contributed by atoms with van der Waals surface area (Å²) in [6.07, 6.45) is 1.73. The smallest absolute Gasteiger partial charge is 0.269 e. The molecule has 1 aromatic heterocycles. The molecular weight excluding hydrogens is 440 g/mol. The summed E-state index contributed by atoms with van der Waals surface area (Å²) in [5, 5.41) is 20.0. The highest BCUT2D eigenvalue weighted by Gasteiger charge is 2.22. The molecule has 0 atom stereocenters. The van der Waals surface area contributed by atoms with Crippen LogP contribution in [0.25, 0.3) is 11.4 Å². The van der Waals surface area contributed by atoms with Gasteiger partial charge in [0.05, 0.1) is 10.7 Å².